The number of nitrogens with one attached hydrogen (secondary N) is 1. The van der Waals surface area contributed by atoms with Gasteiger partial charge in [-0.1, -0.05) is 11.6 Å². The van der Waals surface area contributed by atoms with Crippen LogP contribution in [0.5, 0.6) is 11.5 Å². The van der Waals surface area contributed by atoms with Crippen molar-refractivity contribution in [3.05, 3.63) is 59.7 Å². The van der Waals surface area contributed by atoms with Crippen LogP contribution in [0.3, 0.4) is 0 Å². The first-order chi connectivity index (χ1) is 14.9. The van der Waals surface area contributed by atoms with Crippen LogP contribution in [0.15, 0.2) is 54.1 Å². The zero-order chi connectivity index (χ0) is 22.1. The predicted octanol–water partition coefficient (Wildman–Crippen LogP) is 3.80. The zero-order valence-corrected chi connectivity index (χ0v) is 17.7. The molecule has 7 heteroatoms. The van der Waals surface area contributed by atoms with Gasteiger partial charge in [0.25, 0.3) is 5.91 Å². The first-order valence-electron chi connectivity index (χ1n) is 10.1. The van der Waals surface area contributed by atoms with Gasteiger partial charge in [0.05, 0.1) is 37.4 Å². The van der Waals surface area contributed by atoms with Crippen molar-refractivity contribution in [2.24, 2.45) is 11.8 Å². The van der Waals surface area contributed by atoms with Crippen LogP contribution in [-0.2, 0) is 9.59 Å². The van der Waals surface area contributed by atoms with E-state index >= 15 is 0 Å². The van der Waals surface area contributed by atoms with Crippen LogP contribution in [0.4, 0.5) is 11.4 Å². The number of hydrogen-bond acceptors (Lipinski definition) is 5. The minimum absolute atomic E-state index is 0.164. The van der Waals surface area contributed by atoms with Crippen LogP contribution in [0, 0.1) is 11.8 Å². The first kappa shape index (κ1) is 20.7. The maximum absolute atomic E-state index is 12.9. The molecule has 1 fully saturated rings. The summed E-state index contributed by atoms with van der Waals surface area (Å²) in [6.45, 7) is 1.99. The van der Waals surface area contributed by atoms with E-state index in [2.05, 4.69) is 5.32 Å². The summed E-state index contributed by atoms with van der Waals surface area (Å²) >= 11 is 0. The Kier molecular flexibility index (Phi) is 5.50. The lowest BCUT2D eigenvalue weighted by atomic mass is 9.82. The molecule has 0 spiro atoms. The third-order valence-corrected chi connectivity index (χ3v) is 5.87. The van der Waals surface area contributed by atoms with E-state index in [1.54, 1.807) is 49.6 Å². The summed E-state index contributed by atoms with van der Waals surface area (Å²) < 4.78 is 10.5. The average Bonchev–Trinajstić information content (AvgIpc) is 3.03. The standard InChI is InChI=1S/C24H24N2O5/c1-14-4-10-18-19(12-14)24(29)26(23(18)28)16-7-5-15(6-8-16)22(27)25-20-11-9-17(30-2)13-21(20)31-3/h4-9,11,13,18-19H,10,12H2,1-3H3,(H,25,27)/t18-,19+/m1/s1. The van der Waals surface area contributed by atoms with E-state index in [0.29, 0.717) is 41.3 Å². The van der Waals surface area contributed by atoms with Gasteiger partial charge < -0.3 is 14.8 Å². The number of rotatable bonds is 5. The molecule has 0 bridgehead atoms. The molecule has 0 aromatic heterocycles. The smallest absolute Gasteiger partial charge is 0.255 e. The third kappa shape index (κ3) is 3.79. The van der Waals surface area contributed by atoms with Gasteiger partial charge in [-0.05, 0) is 56.2 Å². The van der Waals surface area contributed by atoms with Crippen molar-refractivity contribution in [1.29, 1.82) is 0 Å². The Balaban J connectivity index is 1.51. The highest BCUT2D eigenvalue weighted by atomic mass is 16.5. The number of allylic oxidation sites excluding steroid dienone is 2. The molecule has 1 heterocycles. The number of carbonyl (C=O) groups is 3. The Morgan fingerprint density at radius 2 is 1.71 bits per heavy atom. The highest BCUT2D eigenvalue weighted by Crippen LogP contribution is 2.39. The van der Waals surface area contributed by atoms with Gasteiger partial charge in [-0.15, -0.1) is 0 Å². The molecule has 7 nitrogen and oxygen atoms in total. The van der Waals surface area contributed by atoms with Gasteiger partial charge in [-0.3, -0.25) is 19.3 Å². The van der Waals surface area contributed by atoms with Crippen LogP contribution < -0.4 is 19.7 Å². The molecule has 1 aliphatic heterocycles. The molecule has 2 aliphatic rings. The van der Waals surface area contributed by atoms with Gasteiger partial charge in [0.2, 0.25) is 11.8 Å². The van der Waals surface area contributed by atoms with Crippen LogP contribution in [0.2, 0.25) is 0 Å². The molecule has 31 heavy (non-hydrogen) atoms. The maximum Gasteiger partial charge on any atom is 0.255 e. The van der Waals surface area contributed by atoms with Crippen LogP contribution >= 0.6 is 0 Å². The van der Waals surface area contributed by atoms with Crippen molar-refractivity contribution < 1.29 is 23.9 Å². The largest absolute Gasteiger partial charge is 0.497 e. The number of amides is 3. The molecule has 2 aromatic carbocycles. The number of anilines is 2. The molecule has 1 aliphatic carbocycles. The minimum Gasteiger partial charge on any atom is -0.497 e. The second-order valence-electron chi connectivity index (χ2n) is 7.78. The van der Waals surface area contributed by atoms with Crippen molar-refractivity contribution >= 4 is 29.1 Å². The van der Waals surface area contributed by atoms with Crippen LogP contribution in [0.1, 0.15) is 30.1 Å². The molecule has 2 aromatic rings. The summed E-state index contributed by atoms with van der Waals surface area (Å²) in [5, 5.41) is 2.81. The summed E-state index contributed by atoms with van der Waals surface area (Å²) in [6, 6.07) is 11.6. The van der Waals surface area contributed by atoms with Gasteiger partial charge in [-0.2, -0.15) is 0 Å². The number of carbonyl (C=O) groups excluding carboxylic acids is 3. The number of ether oxygens (including phenoxy) is 2. The molecule has 0 unspecified atom stereocenters. The second kappa shape index (κ2) is 8.26. The topological polar surface area (TPSA) is 84.9 Å². The molecule has 160 valence electrons. The van der Waals surface area contributed by atoms with Crippen molar-refractivity contribution in [3.8, 4) is 11.5 Å². The quantitative estimate of drug-likeness (QED) is 0.587. The Morgan fingerprint density at radius 1 is 1.00 bits per heavy atom. The normalized spacial score (nSPS) is 20.2. The minimum atomic E-state index is -0.331. The lowest BCUT2D eigenvalue weighted by Gasteiger charge is -2.18. The van der Waals surface area contributed by atoms with Gasteiger partial charge in [-0.25, -0.2) is 0 Å². The predicted molar refractivity (Wildman–Crippen MR) is 116 cm³/mol. The lowest BCUT2D eigenvalue weighted by molar-refractivity contribution is -0.122. The van der Waals surface area contributed by atoms with E-state index in [0.717, 1.165) is 5.57 Å². The molecular formula is C24H24N2O5. The van der Waals surface area contributed by atoms with Gasteiger partial charge >= 0.3 is 0 Å². The highest BCUT2D eigenvalue weighted by molar-refractivity contribution is 6.22. The highest BCUT2D eigenvalue weighted by Gasteiger charge is 2.48. The van der Waals surface area contributed by atoms with Gasteiger partial charge in [0.1, 0.15) is 11.5 Å². The number of methoxy groups -OCH3 is 2. The molecule has 4 rings (SSSR count). The number of fused-ring (bicyclic) bond motifs is 1. The SMILES string of the molecule is COc1ccc(NC(=O)c2ccc(N3C(=O)[C@H]4CC(C)=CC[C@H]4C3=O)cc2)c(OC)c1. The molecule has 1 saturated heterocycles. The van der Waals surface area contributed by atoms with Gasteiger partial charge in [0.15, 0.2) is 0 Å². The lowest BCUT2D eigenvalue weighted by Crippen LogP contribution is -2.30. The van der Waals surface area contributed by atoms with E-state index in [4.69, 9.17) is 9.47 Å². The van der Waals surface area contributed by atoms with Crippen molar-refractivity contribution in [2.45, 2.75) is 19.8 Å². The van der Waals surface area contributed by atoms with E-state index in [-0.39, 0.29) is 29.6 Å². The third-order valence-electron chi connectivity index (χ3n) is 5.87. The monoisotopic (exact) mass is 420 g/mol. The number of benzene rings is 2. The molecule has 2 atom stereocenters. The van der Waals surface area contributed by atoms with Crippen molar-refractivity contribution in [1.82, 2.24) is 0 Å². The first-order valence-corrected chi connectivity index (χ1v) is 10.1. The van der Waals surface area contributed by atoms with E-state index in [1.165, 1.54) is 12.0 Å². The fourth-order valence-electron chi connectivity index (χ4n) is 4.15. The Labute approximate surface area is 180 Å². The molecule has 3 amide bonds. The van der Waals surface area contributed by atoms with Crippen LogP contribution in [-0.4, -0.2) is 31.9 Å². The average molecular weight is 420 g/mol. The Morgan fingerprint density at radius 3 is 2.39 bits per heavy atom. The second-order valence-corrected chi connectivity index (χ2v) is 7.78. The van der Waals surface area contributed by atoms with Crippen LogP contribution in [0.25, 0.3) is 0 Å². The van der Waals surface area contributed by atoms with E-state index < -0.39 is 0 Å². The summed E-state index contributed by atoms with van der Waals surface area (Å²) in [5.41, 5.74) is 2.54. The molecular weight excluding hydrogens is 396 g/mol. The summed E-state index contributed by atoms with van der Waals surface area (Å²) in [5.74, 6) is -0.150. The Bertz CT molecular complexity index is 1070. The van der Waals surface area contributed by atoms with Gasteiger partial charge in [0, 0.05) is 11.6 Å². The number of imide groups is 1. The Hall–Kier alpha value is -3.61. The summed E-state index contributed by atoms with van der Waals surface area (Å²) in [4.78, 5) is 39.6. The number of nitrogens with zero attached hydrogens (tertiary/aromatic N) is 1. The zero-order valence-electron chi connectivity index (χ0n) is 17.7. The fraction of sp³-hybridized carbons (Fsp3) is 0.292. The summed E-state index contributed by atoms with van der Waals surface area (Å²) in [6.07, 6.45) is 3.26. The number of hydrogen-bond donors (Lipinski definition) is 1. The molecule has 1 N–H and O–H groups in total. The summed E-state index contributed by atoms with van der Waals surface area (Å²) in [7, 11) is 3.06. The van der Waals surface area contributed by atoms with Crippen molar-refractivity contribution in [2.75, 3.05) is 24.4 Å². The molecule has 0 radical (unpaired) electrons. The maximum atomic E-state index is 12.9. The molecule has 0 saturated carbocycles. The van der Waals surface area contributed by atoms with E-state index in [1.807, 2.05) is 13.0 Å². The van der Waals surface area contributed by atoms with E-state index in [9.17, 15) is 14.4 Å². The van der Waals surface area contributed by atoms with Crippen molar-refractivity contribution in [3.63, 3.8) is 0 Å². The fourth-order valence-corrected chi connectivity index (χ4v) is 4.15.